The lowest BCUT2D eigenvalue weighted by Crippen LogP contribution is -2.44. The molecule has 3 heterocycles. The van der Waals surface area contributed by atoms with E-state index in [1.54, 1.807) is 40.6 Å². The Hall–Kier alpha value is -3.30. The molecule has 0 amide bonds. The number of nitrogens with one attached hydrogen (secondary N) is 1. The molecule has 9 heteroatoms. The molecule has 4 aromatic rings. The zero-order chi connectivity index (χ0) is 22.5. The third-order valence-corrected chi connectivity index (χ3v) is 7.61. The molecule has 0 saturated heterocycles. The molecular weight excluding hydrogens is 502 g/mol. The Balaban J connectivity index is 1.56. The molecule has 0 bridgehead atoms. The molecule has 0 unspecified atom stereocenters. The van der Waals surface area contributed by atoms with Gasteiger partial charge < -0.3 is 0 Å². The average molecular weight is 520 g/mol. The van der Waals surface area contributed by atoms with Crippen LogP contribution in [0.15, 0.2) is 69.0 Å². The molecule has 2 aromatic heterocycles. The zero-order valence-corrected chi connectivity index (χ0v) is 19.8. The number of nitrogens with zero attached hydrogens (tertiary/aromatic N) is 4. The number of thiophene rings is 1. The highest BCUT2D eigenvalue weighted by atomic mass is 79.9. The third-order valence-electron chi connectivity index (χ3n) is 5.90. The molecule has 1 aliphatic carbocycles. The van der Waals surface area contributed by atoms with E-state index in [1.807, 2.05) is 30.3 Å². The molecular formula is C24H18BrN5O2S. The second-order valence-electron chi connectivity index (χ2n) is 7.99. The number of fused-ring (bicyclic) bond motifs is 4. The minimum Gasteiger partial charge on any atom is -0.285 e. The smallest absolute Gasteiger partial charge is 0.283 e. The Bertz CT molecular complexity index is 1490. The van der Waals surface area contributed by atoms with Gasteiger partial charge in [0.15, 0.2) is 0 Å². The molecule has 0 fully saturated rings. The molecule has 0 spiro atoms. The maximum Gasteiger partial charge on any atom is 0.283 e. The zero-order valence-electron chi connectivity index (χ0n) is 17.4. The number of carbonyl (C=O) groups excluding carboxylic acids is 1. The van der Waals surface area contributed by atoms with Crippen LogP contribution in [0.5, 0.6) is 0 Å². The number of hydrogen-bond donors (Lipinski definition) is 1. The van der Waals surface area contributed by atoms with Crippen LogP contribution in [0.4, 0.5) is 11.6 Å². The molecule has 7 nitrogen and oxygen atoms in total. The maximum atomic E-state index is 13.7. The SMILES string of the molecule is O=C(C1=NN(c2ccc(Br)cc2)c2nc3sc4c(c3c(=O)n2N1)CCCC4)c1ccccc1. The van der Waals surface area contributed by atoms with Crippen molar-refractivity contribution >= 4 is 60.7 Å². The van der Waals surface area contributed by atoms with Crippen LogP contribution in [0.1, 0.15) is 33.6 Å². The van der Waals surface area contributed by atoms with Crippen LogP contribution in [-0.4, -0.2) is 21.3 Å². The van der Waals surface area contributed by atoms with Crippen LogP contribution < -0.4 is 16.0 Å². The highest BCUT2D eigenvalue weighted by Gasteiger charge is 2.30. The number of aromatic nitrogens is 2. The van der Waals surface area contributed by atoms with E-state index >= 15 is 0 Å². The highest BCUT2D eigenvalue weighted by molar-refractivity contribution is 9.10. The fraction of sp³-hybridized carbons (Fsp3) is 0.167. The fourth-order valence-electron chi connectivity index (χ4n) is 4.29. The predicted molar refractivity (Wildman–Crippen MR) is 134 cm³/mol. The number of halogens is 1. The normalized spacial score (nSPS) is 14.9. The minimum absolute atomic E-state index is 0.0592. The van der Waals surface area contributed by atoms with Crippen LogP contribution in [0, 0.1) is 0 Å². The molecule has 33 heavy (non-hydrogen) atoms. The summed E-state index contributed by atoms with van der Waals surface area (Å²) in [6.45, 7) is 0. The first-order valence-electron chi connectivity index (χ1n) is 10.7. The van der Waals surface area contributed by atoms with Crippen molar-refractivity contribution in [1.82, 2.24) is 9.66 Å². The van der Waals surface area contributed by atoms with Crippen LogP contribution in [0.25, 0.3) is 10.2 Å². The summed E-state index contributed by atoms with van der Waals surface area (Å²) < 4.78 is 2.27. The Kier molecular flexibility index (Phi) is 4.88. The van der Waals surface area contributed by atoms with Crippen molar-refractivity contribution in [3.05, 3.63) is 85.4 Å². The van der Waals surface area contributed by atoms with Gasteiger partial charge in [-0.2, -0.15) is 14.7 Å². The quantitative estimate of drug-likeness (QED) is 0.385. The van der Waals surface area contributed by atoms with Gasteiger partial charge in [-0.05, 0) is 55.5 Å². The lowest BCUT2D eigenvalue weighted by atomic mass is 9.97. The molecule has 0 radical (unpaired) electrons. The monoisotopic (exact) mass is 519 g/mol. The van der Waals surface area contributed by atoms with E-state index in [2.05, 4.69) is 26.5 Å². The van der Waals surface area contributed by atoms with Gasteiger partial charge in [0.1, 0.15) is 4.83 Å². The van der Waals surface area contributed by atoms with E-state index in [4.69, 9.17) is 4.98 Å². The van der Waals surface area contributed by atoms with E-state index in [0.29, 0.717) is 22.6 Å². The van der Waals surface area contributed by atoms with Gasteiger partial charge in [0.2, 0.25) is 11.6 Å². The van der Waals surface area contributed by atoms with E-state index in [9.17, 15) is 9.59 Å². The van der Waals surface area contributed by atoms with E-state index in [1.165, 1.54) is 9.55 Å². The van der Waals surface area contributed by atoms with E-state index in [0.717, 1.165) is 40.5 Å². The van der Waals surface area contributed by atoms with Gasteiger partial charge >= 0.3 is 0 Å². The largest absolute Gasteiger partial charge is 0.285 e. The van der Waals surface area contributed by atoms with Crippen molar-refractivity contribution in [2.24, 2.45) is 5.10 Å². The second-order valence-corrected chi connectivity index (χ2v) is 9.99. The lowest BCUT2D eigenvalue weighted by molar-refractivity contribution is 0.106. The van der Waals surface area contributed by atoms with Crippen LogP contribution in [0.2, 0.25) is 0 Å². The van der Waals surface area contributed by atoms with Crippen LogP contribution >= 0.6 is 27.3 Å². The van der Waals surface area contributed by atoms with Crippen molar-refractivity contribution in [1.29, 1.82) is 0 Å². The summed E-state index contributed by atoms with van der Waals surface area (Å²) in [7, 11) is 0. The van der Waals surface area contributed by atoms with Gasteiger partial charge in [0, 0.05) is 14.9 Å². The number of rotatable bonds is 3. The van der Waals surface area contributed by atoms with Crippen LogP contribution in [-0.2, 0) is 12.8 Å². The molecule has 1 N–H and O–H groups in total. The van der Waals surface area contributed by atoms with Crippen LogP contribution in [0.3, 0.4) is 0 Å². The van der Waals surface area contributed by atoms with Gasteiger partial charge in [0.25, 0.3) is 11.5 Å². The summed E-state index contributed by atoms with van der Waals surface area (Å²) in [4.78, 5) is 33.7. The van der Waals surface area contributed by atoms with Crippen molar-refractivity contribution in [3.63, 3.8) is 0 Å². The van der Waals surface area contributed by atoms with Gasteiger partial charge in [-0.25, -0.2) is 0 Å². The molecule has 2 aliphatic rings. The topological polar surface area (TPSA) is 79.6 Å². The van der Waals surface area contributed by atoms with Crippen molar-refractivity contribution in [3.8, 4) is 0 Å². The Labute approximate surface area is 201 Å². The first-order valence-corrected chi connectivity index (χ1v) is 12.3. The first kappa shape index (κ1) is 20.3. The van der Waals surface area contributed by atoms with E-state index in [-0.39, 0.29) is 17.2 Å². The number of carbonyl (C=O) groups is 1. The Morgan fingerprint density at radius 2 is 1.79 bits per heavy atom. The molecule has 2 aromatic carbocycles. The van der Waals surface area contributed by atoms with Gasteiger partial charge in [0.05, 0.1) is 11.1 Å². The fourth-order valence-corrected chi connectivity index (χ4v) is 5.80. The summed E-state index contributed by atoms with van der Waals surface area (Å²) in [5.41, 5.74) is 5.03. The lowest BCUT2D eigenvalue weighted by Gasteiger charge is -2.28. The summed E-state index contributed by atoms with van der Waals surface area (Å²) in [6, 6.07) is 16.4. The van der Waals surface area contributed by atoms with E-state index < -0.39 is 0 Å². The maximum absolute atomic E-state index is 13.7. The summed E-state index contributed by atoms with van der Waals surface area (Å²) >= 11 is 5.04. The number of hydrazone groups is 1. The van der Waals surface area contributed by atoms with Crippen molar-refractivity contribution < 1.29 is 4.79 Å². The highest BCUT2D eigenvalue weighted by Crippen LogP contribution is 2.36. The summed E-state index contributed by atoms with van der Waals surface area (Å²) in [5, 5.41) is 6.79. The number of anilines is 2. The Morgan fingerprint density at radius 3 is 2.58 bits per heavy atom. The number of Topliss-reactive ketones (excluding diaryl/α,β-unsaturated/α-hetero) is 1. The number of ketones is 1. The predicted octanol–water partition coefficient (Wildman–Crippen LogP) is 4.99. The average Bonchev–Trinajstić information content (AvgIpc) is 3.23. The van der Waals surface area contributed by atoms with Gasteiger partial charge in [-0.15, -0.1) is 16.4 Å². The number of hydrogen-bond acceptors (Lipinski definition) is 7. The standard InChI is InChI=1S/C24H18BrN5O2S/c25-15-10-12-16(13-11-15)29-24-26-22-19(17-8-4-5-9-18(17)33-22)23(32)30(24)28-21(27-29)20(31)14-6-2-1-3-7-14/h1-3,6-7,10-13H,4-5,8-9H2,(H,27,28). The first-order chi connectivity index (χ1) is 16.1. The number of amidine groups is 1. The third kappa shape index (κ3) is 3.39. The number of aryl methyl sites for hydroxylation is 2. The van der Waals surface area contributed by atoms with Crippen molar-refractivity contribution in [2.75, 3.05) is 10.4 Å². The summed E-state index contributed by atoms with van der Waals surface area (Å²) in [5.74, 6) is 0.0877. The molecule has 6 rings (SSSR count). The molecule has 164 valence electrons. The molecule has 0 atom stereocenters. The Morgan fingerprint density at radius 1 is 1.03 bits per heavy atom. The van der Waals surface area contributed by atoms with Gasteiger partial charge in [-0.1, -0.05) is 46.3 Å². The number of benzene rings is 2. The van der Waals surface area contributed by atoms with Crippen molar-refractivity contribution in [2.45, 2.75) is 25.7 Å². The minimum atomic E-state index is -0.303. The molecule has 0 saturated carbocycles. The summed E-state index contributed by atoms with van der Waals surface area (Å²) in [6.07, 6.45) is 4.05. The second kappa shape index (κ2) is 7.93. The molecule has 1 aliphatic heterocycles. The van der Waals surface area contributed by atoms with Gasteiger partial charge in [-0.3, -0.25) is 15.0 Å².